The Morgan fingerprint density at radius 1 is 1.44 bits per heavy atom. The summed E-state index contributed by atoms with van der Waals surface area (Å²) in [4.78, 5) is 11.2. The Kier molecular flexibility index (Phi) is 5.46. The Labute approximate surface area is 110 Å². The number of aliphatic hydroxyl groups excluding tert-OH is 2. The summed E-state index contributed by atoms with van der Waals surface area (Å²) in [6, 6.07) is 3.99. The zero-order valence-electron chi connectivity index (χ0n) is 9.91. The number of rotatable bonds is 5. The van der Waals surface area contributed by atoms with Crippen LogP contribution in [0.15, 0.2) is 18.2 Å². The monoisotopic (exact) mass is 272 g/mol. The van der Waals surface area contributed by atoms with Gasteiger partial charge in [0.2, 0.25) is 0 Å². The van der Waals surface area contributed by atoms with E-state index in [0.717, 1.165) is 0 Å². The number of hydrogen-bond acceptors (Lipinski definition) is 6. The molecule has 0 heterocycles. The Hall–Kier alpha value is -1.24. The van der Waals surface area contributed by atoms with E-state index < -0.39 is 18.2 Å². The lowest BCUT2D eigenvalue weighted by Crippen LogP contribution is -2.19. The van der Waals surface area contributed by atoms with Crippen LogP contribution in [0, 0.1) is 0 Å². The van der Waals surface area contributed by atoms with Crippen LogP contribution in [-0.2, 0) is 4.74 Å². The molecule has 0 amide bonds. The molecule has 1 aromatic carbocycles. The van der Waals surface area contributed by atoms with Crippen molar-refractivity contribution < 1.29 is 24.9 Å². The Balaban J connectivity index is 2.94. The first-order chi connectivity index (χ1) is 8.51. The normalized spacial score (nSPS) is 14.0. The van der Waals surface area contributed by atoms with E-state index in [4.69, 9.17) is 0 Å². The standard InChI is InChI=1S/C12H16O5S/c1-17-12(16)7-2-3-8(10(14)6-7)11(15)9(13)4-5-18/h2-3,6,9,11,13-15,18H,4-5H2,1H3. The second-order valence-corrected chi connectivity index (χ2v) is 4.24. The second kappa shape index (κ2) is 6.63. The first-order valence-electron chi connectivity index (χ1n) is 5.39. The highest BCUT2D eigenvalue weighted by molar-refractivity contribution is 7.80. The molecular weight excluding hydrogens is 256 g/mol. The number of phenols is 1. The minimum atomic E-state index is -1.22. The lowest BCUT2D eigenvalue weighted by atomic mass is 10.00. The third kappa shape index (κ3) is 3.38. The minimum absolute atomic E-state index is 0.164. The highest BCUT2D eigenvalue weighted by Crippen LogP contribution is 2.28. The molecule has 100 valence electrons. The van der Waals surface area contributed by atoms with Gasteiger partial charge >= 0.3 is 5.97 Å². The molecule has 18 heavy (non-hydrogen) atoms. The van der Waals surface area contributed by atoms with Gasteiger partial charge in [-0.05, 0) is 24.3 Å². The van der Waals surface area contributed by atoms with E-state index in [-0.39, 0.29) is 16.9 Å². The molecule has 5 nitrogen and oxygen atoms in total. The number of esters is 1. The molecule has 0 aliphatic carbocycles. The summed E-state index contributed by atoms with van der Waals surface area (Å²) in [7, 11) is 1.23. The molecule has 1 rings (SSSR count). The molecule has 3 N–H and O–H groups in total. The molecule has 0 spiro atoms. The van der Waals surface area contributed by atoms with Crippen molar-refractivity contribution in [1.29, 1.82) is 0 Å². The van der Waals surface area contributed by atoms with Gasteiger partial charge < -0.3 is 20.1 Å². The molecule has 0 saturated carbocycles. The van der Waals surface area contributed by atoms with Crippen LogP contribution in [0.3, 0.4) is 0 Å². The van der Waals surface area contributed by atoms with Gasteiger partial charge in [0, 0.05) is 5.56 Å². The number of aliphatic hydroxyl groups is 2. The Morgan fingerprint density at radius 3 is 2.61 bits per heavy atom. The van der Waals surface area contributed by atoms with E-state index in [1.807, 2.05) is 0 Å². The van der Waals surface area contributed by atoms with E-state index >= 15 is 0 Å². The smallest absolute Gasteiger partial charge is 0.337 e. The largest absolute Gasteiger partial charge is 0.508 e. The summed E-state index contributed by atoms with van der Waals surface area (Å²) >= 11 is 3.95. The van der Waals surface area contributed by atoms with Crippen molar-refractivity contribution in [3.8, 4) is 5.75 Å². The molecular formula is C12H16O5S. The molecule has 2 atom stereocenters. The summed E-state index contributed by atoms with van der Waals surface area (Å²) < 4.78 is 4.51. The molecule has 6 heteroatoms. The number of thiol groups is 1. The van der Waals surface area contributed by atoms with Crippen LogP contribution in [0.25, 0.3) is 0 Å². The van der Waals surface area contributed by atoms with Gasteiger partial charge in [0.15, 0.2) is 0 Å². The van der Waals surface area contributed by atoms with Gasteiger partial charge in [-0.3, -0.25) is 0 Å². The quantitative estimate of drug-likeness (QED) is 0.472. The molecule has 0 aromatic heterocycles. The summed E-state index contributed by atoms with van der Waals surface area (Å²) in [5.74, 6) is -0.426. The zero-order valence-corrected chi connectivity index (χ0v) is 10.8. The molecule has 0 radical (unpaired) electrons. The lowest BCUT2D eigenvalue weighted by molar-refractivity contribution is 0.0159. The van der Waals surface area contributed by atoms with Crippen LogP contribution in [0.1, 0.15) is 28.4 Å². The fourth-order valence-electron chi connectivity index (χ4n) is 1.54. The minimum Gasteiger partial charge on any atom is -0.508 e. The number of ether oxygens (including phenoxy) is 1. The molecule has 2 unspecified atom stereocenters. The number of phenolic OH excluding ortho intramolecular Hbond substituents is 1. The number of hydrogen-bond donors (Lipinski definition) is 4. The predicted molar refractivity (Wildman–Crippen MR) is 68.9 cm³/mol. The van der Waals surface area contributed by atoms with Gasteiger partial charge in [-0.25, -0.2) is 4.79 Å². The summed E-state index contributed by atoms with van der Waals surface area (Å²) in [5.41, 5.74) is 0.339. The summed E-state index contributed by atoms with van der Waals surface area (Å²) in [6.45, 7) is 0. The first-order valence-corrected chi connectivity index (χ1v) is 6.02. The van der Waals surface area contributed by atoms with Gasteiger partial charge in [-0.1, -0.05) is 6.07 Å². The van der Waals surface area contributed by atoms with E-state index in [1.54, 1.807) is 0 Å². The molecule has 0 bridgehead atoms. The lowest BCUT2D eigenvalue weighted by Gasteiger charge is -2.18. The van der Waals surface area contributed by atoms with Crippen molar-refractivity contribution in [1.82, 2.24) is 0 Å². The van der Waals surface area contributed by atoms with Crippen molar-refractivity contribution in [2.45, 2.75) is 18.6 Å². The number of methoxy groups -OCH3 is 1. The maximum atomic E-state index is 11.2. The molecule has 0 saturated heterocycles. The van der Waals surface area contributed by atoms with Crippen LogP contribution in [0.4, 0.5) is 0 Å². The van der Waals surface area contributed by atoms with Crippen LogP contribution in [0.2, 0.25) is 0 Å². The Bertz CT molecular complexity index is 421. The third-order valence-electron chi connectivity index (χ3n) is 2.56. The van der Waals surface area contributed by atoms with Gasteiger partial charge in [0.05, 0.1) is 18.8 Å². The van der Waals surface area contributed by atoms with Crippen molar-refractivity contribution >= 4 is 18.6 Å². The van der Waals surface area contributed by atoms with Gasteiger partial charge in [0.1, 0.15) is 11.9 Å². The molecule has 1 aromatic rings. The highest BCUT2D eigenvalue weighted by atomic mass is 32.1. The average Bonchev–Trinajstić information content (AvgIpc) is 2.37. The fraction of sp³-hybridized carbons (Fsp3) is 0.417. The zero-order chi connectivity index (χ0) is 13.7. The third-order valence-corrected chi connectivity index (χ3v) is 2.82. The summed E-state index contributed by atoms with van der Waals surface area (Å²) in [5, 5.41) is 29.2. The Morgan fingerprint density at radius 2 is 2.11 bits per heavy atom. The van der Waals surface area contributed by atoms with Gasteiger partial charge in [-0.2, -0.15) is 12.6 Å². The van der Waals surface area contributed by atoms with Gasteiger partial charge in [-0.15, -0.1) is 0 Å². The first kappa shape index (κ1) is 14.8. The van der Waals surface area contributed by atoms with E-state index in [1.165, 1.54) is 25.3 Å². The van der Waals surface area contributed by atoms with Crippen LogP contribution in [0.5, 0.6) is 5.75 Å². The number of carbonyl (C=O) groups excluding carboxylic acids is 1. The molecule has 0 aliphatic rings. The number of benzene rings is 1. The fourth-order valence-corrected chi connectivity index (χ4v) is 1.80. The van der Waals surface area contributed by atoms with Gasteiger partial charge in [0.25, 0.3) is 0 Å². The van der Waals surface area contributed by atoms with Crippen LogP contribution < -0.4 is 0 Å². The summed E-state index contributed by atoms with van der Waals surface area (Å²) in [6.07, 6.45) is -1.94. The van der Waals surface area contributed by atoms with Crippen molar-refractivity contribution in [3.05, 3.63) is 29.3 Å². The second-order valence-electron chi connectivity index (χ2n) is 3.79. The maximum Gasteiger partial charge on any atom is 0.337 e. The van der Waals surface area contributed by atoms with E-state index in [0.29, 0.717) is 12.2 Å². The topological polar surface area (TPSA) is 87.0 Å². The number of aromatic hydroxyl groups is 1. The predicted octanol–water partition coefficient (Wildman–Crippen LogP) is 0.893. The maximum absolute atomic E-state index is 11.2. The SMILES string of the molecule is COC(=O)c1ccc(C(O)C(O)CCS)c(O)c1. The molecule has 0 fully saturated rings. The molecule has 0 aliphatic heterocycles. The average molecular weight is 272 g/mol. The van der Waals surface area contributed by atoms with Crippen molar-refractivity contribution in [2.75, 3.05) is 12.9 Å². The van der Waals surface area contributed by atoms with E-state index in [9.17, 15) is 20.1 Å². The van der Waals surface area contributed by atoms with E-state index in [2.05, 4.69) is 17.4 Å². The van der Waals surface area contributed by atoms with Crippen LogP contribution >= 0.6 is 12.6 Å². The number of carbonyl (C=O) groups is 1. The van der Waals surface area contributed by atoms with Crippen molar-refractivity contribution in [3.63, 3.8) is 0 Å². The van der Waals surface area contributed by atoms with Crippen molar-refractivity contribution in [2.24, 2.45) is 0 Å². The van der Waals surface area contributed by atoms with Crippen LogP contribution in [-0.4, -0.2) is 40.3 Å². The highest BCUT2D eigenvalue weighted by Gasteiger charge is 2.21.